The highest BCUT2D eigenvalue weighted by Gasteiger charge is 2.31. The standard InChI is InChI=1S/C20H22F3N3O3/c1-13(26(3)12-14-4-6-15(7-5-14)19(28)24-2)18(27)25-16-8-10-17(11-9-16)29-20(21,22)23/h4-11,13H,12H2,1-3H3,(H,24,28)(H,25,27)/t13-/m0/s1. The quantitative estimate of drug-likeness (QED) is 0.735. The van der Waals surface area contributed by atoms with Crippen LogP contribution in [0.3, 0.4) is 0 Å². The molecule has 6 nitrogen and oxygen atoms in total. The van der Waals surface area contributed by atoms with Gasteiger partial charge in [-0.25, -0.2) is 0 Å². The molecule has 9 heteroatoms. The van der Waals surface area contributed by atoms with Crippen molar-refractivity contribution < 1.29 is 27.5 Å². The minimum atomic E-state index is -4.76. The van der Waals surface area contributed by atoms with E-state index in [1.54, 1.807) is 33.2 Å². The summed E-state index contributed by atoms with van der Waals surface area (Å²) in [5, 5.41) is 5.21. The van der Waals surface area contributed by atoms with E-state index < -0.39 is 12.4 Å². The normalized spacial score (nSPS) is 12.4. The summed E-state index contributed by atoms with van der Waals surface area (Å²) in [7, 11) is 3.33. The average molecular weight is 409 g/mol. The SMILES string of the molecule is CNC(=O)c1ccc(CN(C)[C@@H](C)C(=O)Nc2ccc(OC(F)(F)F)cc2)cc1. The van der Waals surface area contributed by atoms with E-state index in [1.807, 2.05) is 17.0 Å². The van der Waals surface area contributed by atoms with Crippen molar-refractivity contribution in [2.24, 2.45) is 0 Å². The Morgan fingerprint density at radius 1 is 1.07 bits per heavy atom. The molecule has 0 spiro atoms. The number of carbonyl (C=O) groups excluding carboxylic acids is 2. The van der Waals surface area contributed by atoms with Crippen molar-refractivity contribution in [2.75, 3.05) is 19.4 Å². The second-order valence-electron chi connectivity index (χ2n) is 6.43. The molecular weight excluding hydrogens is 387 g/mol. The summed E-state index contributed by atoms with van der Waals surface area (Å²) in [6, 6.07) is 11.5. The number of anilines is 1. The van der Waals surface area contributed by atoms with Crippen LogP contribution in [0.15, 0.2) is 48.5 Å². The molecule has 0 heterocycles. The number of benzene rings is 2. The number of halogens is 3. The Labute approximate surface area is 166 Å². The Morgan fingerprint density at radius 2 is 1.66 bits per heavy atom. The number of carbonyl (C=O) groups is 2. The number of nitrogens with one attached hydrogen (secondary N) is 2. The van der Waals surface area contributed by atoms with Gasteiger partial charge in [0.05, 0.1) is 6.04 Å². The highest BCUT2D eigenvalue weighted by Crippen LogP contribution is 2.24. The molecule has 2 aromatic rings. The molecular formula is C20H22F3N3O3. The van der Waals surface area contributed by atoms with Gasteiger partial charge in [-0.15, -0.1) is 13.2 Å². The van der Waals surface area contributed by atoms with Gasteiger partial charge in [-0.05, 0) is 55.9 Å². The largest absolute Gasteiger partial charge is 0.573 e. The zero-order valence-electron chi connectivity index (χ0n) is 16.2. The zero-order chi connectivity index (χ0) is 21.6. The highest BCUT2D eigenvalue weighted by molar-refractivity contribution is 5.95. The predicted molar refractivity (Wildman–Crippen MR) is 103 cm³/mol. The first-order valence-corrected chi connectivity index (χ1v) is 8.77. The minimum absolute atomic E-state index is 0.177. The fraction of sp³-hybridized carbons (Fsp3) is 0.300. The van der Waals surface area contributed by atoms with Gasteiger partial charge < -0.3 is 15.4 Å². The van der Waals surface area contributed by atoms with Crippen LogP contribution in [0, 0.1) is 0 Å². The third-order valence-electron chi connectivity index (χ3n) is 4.27. The van der Waals surface area contributed by atoms with E-state index in [1.165, 1.54) is 12.1 Å². The maximum absolute atomic E-state index is 12.4. The Kier molecular flexibility index (Phi) is 7.22. The number of rotatable bonds is 7. The van der Waals surface area contributed by atoms with E-state index in [0.717, 1.165) is 17.7 Å². The summed E-state index contributed by atoms with van der Waals surface area (Å²) < 4.78 is 40.4. The molecule has 2 amide bonds. The van der Waals surface area contributed by atoms with Crippen LogP contribution in [0.2, 0.25) is 0 Å². The van der Waals surface area contributed by atoms with Gasteiger partial charge in [0, 0.05) is 24.8 Å². The highest BCUT2D eigenvalue weighted by atomic mass is 19.4. The Bertz CT molecular complexity index is 837. The zero-order valence-corrected chi connectivity index (χ0v) is 16.2. The molecule has 2 rings (SSSR count). The lowest BCUT2D eigenvalue weighted by molar-refractivity contribution is -0.274. The molecule has 0 aliphatic rings. The van der Waals surface area contributed by atoms with Crippen LogP contribution in [0.4, 0.5) is 18.9 Å². The van der Waals surface area contributed by atoms with Crippen LogP contribution in [-0.4, -0.2) is 43.2 Å². The van der Waals surface area contributed by atoms with E-state index in [4.69, 9.17) is 0 Å². The number of hydrogen-bond acceptors (Lipinski definition) is 4. The lowest BCUT2D eigenvalue weighted by Crippen LogP contribution is -2.39. The maximum Gasteiger partial charge on any atom is 0.573 e. The lowest BCUT2D eigenvalue weighted by Gasteiger charge is -2.24. The van der Waals surface area contributed by atoms with E-state index in [0.29, 0.717) is 17.8 Å². The lowest BCUT2D eigenvalue weighted by atomic mass is 10.1. The molecule has 1 atom stereocenters. The van der Waals surface area contributed by atoms with Gasteiger partial charge in [0.15, 0.2) is 0 Å². The van der Waals surface area contributed by atoms with Crippen molar-refractivity contribution in [3.05, 3.63) is 59.7 Å². The van der Waals surface area contributed by atoms with Gasteiger partial charge in [0.25, 0.3) is 5.91 Å². The smallest absolute Gasteiger partial charge is 0.406 e. The van der Waals surface area contributed by atoms with Gasteiger partial charge in [-0.3, -0.25) is 14.5 Å². The summed E-state index contributed by atoms with van der Waals surface area (Å²) in [4.78, 5) is 25.8. The van der Waals surface area contributed by atoms with Crippen molar-refractivity contribution >= 4 is 17.5 Å². The van der Waals surface area contributed by atoms with Gasteiger partial charge in [0.2, 0.25) is 5.91 Å². The predicted octanol–water partition coefficient (Wildman–Crippen LogP) is 3.40. The van der Waals surface area contributed by atoms with E-state index >= 15 is 0 Å². The Balaban J connectivity index is 1.92. The number of amides is 2. The third kappa shape index (κ3) is 6.79. The Hall–Kier alpha value is -3.07. The van der Waals surface area contributed by atoms with Crippen LogP contribution >= 0.6 is 0 Å². The molecule has 0 aromatic heterocycles. The van der Waals surface area contributed by atoms with Crippen molar-refractivity contribution in [3.63, 3.8) is 0 Å². The fourth-order valence-corrected chi connectivity index (χ4v) is 2.52. The average Bonchev–Trinajstić information content (AvgIpc) is 2.67. The van der Waals surface area contributed by atoms with Gasteiger partial charge in [-0.1, -0.05) is 12.1 Å². The summed E-state index contributed by atoms with van der Waals surface area (Å²) in [5.41, 5.74) is 1.83. The Morgan fingerprint density at radius 3 is 2.17 bits per heavy atom. The summed E-state index contributed by atoms with van der Waals surface area (Å²) in [5.74, 6) is -0.843. The molecule has 0 fully saturated rings. The van der Waals surface area contributed by atoms with Crippen molar-refractivity contribution in [1.29, 1.82) is 0 Å². The number of hydrogen-bond donors (Lipinski definition) is 2. The molecule has 0 unspecified atom stereocenters. The van der Waals surface area contributed by atoms with Crippen LogP contribution in [0.25, 0.3) is 0 Å². The number of alkyl halides is 3. The molecule has 0 saturated carbocycles. The number of nitrogens with zero attached hydrogens (tertiary/aromatic N) is 1. The minimum Gasteiger partial charge on any atom is -0.406 e. The van der Waals surface area contributed by atoms with Crippen LogP contribution in [-0.2, 0) is 11.3 Å². The van der Waals surface area contributed by atoms with E-state index in [-0.39, 0.29) is 17.6 Å². The summed E-state index contributed by atoms with van der Waals surface area (Å²) in [6.45, 7) is 2.19. The first-order chi connectivity index (χ1) is 13.6. The van der Waals surface area contributed by atoms with E-state index in [9.17, 15) is 22.8 Å². The fourth-order valence-electron chi connectivity index (χ4n) is 2.52. The van der Waals surface area contributed by atoms with Crippen molar-refractivity contribution in [3.8, 4) is 5.75 Å². The second-order valence-corrected chi connectivity index (χ2v) is 6.43. The molecule has 0 saturated heterocycles. The van der Waals surface area contributed by atoms with Gasteiger partial charge in [0.1, 0.15) is 5.75 Å². The molecule has 0 bridgehead atoms. The second kappa shape index (κ2) is 9.42. The summed E-state index contributed by atoms with van der Waals surface area (Å²) >= 11 is 0. The number of likely N-dealkylation sites (N-methyl/N-ethyl adjacent to an activating group) is 1. The maximum atomic E-state index is 12.4. The summed E-state index contributed by atoms with van der Waals surface area (Å²) in [6.07, 6.45) is -4.76. The molecule has 29 heavy (non-hydrogen) atoms. The number of ether oxygens (including phenoxy) is 1. The van der Waals surface area contributed by atoms with Crippen LogP contribution in [0.5, 0.6) is 5.75 Å². The van der Waals surface area contributed by atoms with E-state index in [2.05, 4.69) is 15.4 Å². The van der Waals surface area contributed by atoms with Crippen molar-refractivity contribution in [1.82, 2.24) is 10.2 Å². The van der Waals surface area contributed by atoms with Crippen LogP contribution < -0.4 is 15.4 Å². The monoisotopic (exact) mass is 409 g/mol. The van der Waals surface area contributed by atoms with Gasteiger partial charge >= 0.3 is 6.36 Å². The van der Waals surface area contributed by atoms with Gasteiger partial charge in [-0.2, -0.15) is 0 Å². The van der Waals surface area contributed by atoms with Crippen molar-refractivity contribution in [2.45, 2.75) is 25.9 Å². The molecule has 2 N–H and O–H groups in total. The molecule has 156 valence electrons. The van der Waals surface area contributed by atoms with Crippen LogP contribution in [0.1, 0.15) is 22.8 Å². The molecule has 0 aliphatic heterocycles. The topological polar surface area (TPSA) is 70.7 Å². The third-order valence-corrected chi connectivity index (χ3v) is 4.27. The molecule has 2 aromatic carbocycles. The first-order valence-electron chi connectivity index (χ1n) is 8.77. The molecule has 0 radical (unpaired) electrons. The molecule has 0 aliphatic carbocycles. The first kappa shape index (κ1) is 22.2.